The standard InChI is InChI=1S/C29H23ClFNO3/c30-24-9-2-4-11-26(24)34-16-17-35-29(33)27-22-7-1-3-10-25(22)32-28-20(6-5-8-23(27)28)18-19-12-14-21(31)15-13-19/h1-4,7,9-15,18H,5-6,8,16-17H2. The summed E-state index contributed by atoms with van der Waals surface area (Å²) >= 11 is 6.12. The predicted octanol–water partition coefficient (Wildman–Crippen LogP) is 7.14. The summed E-state index contributed by atoms with van der Waals surface area (Å²) in [4.78, 5) is 18.2. The fourth-order valence-electron chi connectivity index (χ4n) is 4.39. The van der Waals surface area contributed by atoms with Crippen molar-refractivity contribution in [2.75, 3.05) is 13.2 Å². The summed E-state index contributed by atoms with van der Waals surface area (Å²) in [5.74, 6) is -0.123. The zero-order chi connectivity index (χ0) is 24.2. The van der Waals surface area contributed by atoms with E-state index >= 15 is 0 Å². The maximum Gasteiger partial charge on any atom is 0.339 e. The number of hydrogen-bond donors (Lipinski definition) is 0. The van der Waals surface area contributed by atoms with E-state index in [0.29, 0.717) is 16.3 Å². The Morgan fingerprint density at radius 1 is 0.971 bits per heavy atom. The lowest BCUT2D eigenvalue weighted by molar-refractivity contribution is 0.0451. The minimum atomic E-state index is -0.398. The molecule has 0 N–H and O–H groups in total. The van der Waals surface area contributed by atoms with Crippen molar-refractivity contribution in [1.29, 1.82) is 0 Å². The number of carbonyl (C=O) groups is 1. The number of esters is 1. The molecule has 0 radical (unpaired) electrons. The molecule has 4 aromatic rings. The Morgan fingerprint density at radius 3 is 2.57 bits per heavy atom. The smallest absolute Gasteiger partial charge is 0.339 e. The summed E-state index contributed by atoms with van der Waals surface area (Å²) in [6, 6.07) is 21.1. The molecule has 4 nitrogen and oxygen atoms in total. The fraction of sp³-hybridized carbons (Fsp3) is 0.172. The Kier molecular flexibility index (Phi) is 6.77. The van der Waals surface area contributed by atoms with Crippen LogP contribution in [0.2, 0.25) is 5.02 Å². The van der Waals surface area contributed by atoms with Crippen LogP contribution < -0.4 is 4.74 Å². The largest absolute Gasteiger partial charge is 0.488 e. The van der Waals surface area contributed by atoms with Gasteiger partial charge in [-0.3, -0.25) is 0 Å². The van der Waals surface area contributed by atoms with Gasteiger partial charge in [0, 0.05) is 5.39 Å². The molecule has 0 bridgehead atoms. The Morgan fingerprint density at radius 2 is 1.74 bits per heavy atom. The minimum absolute atomic E-state index is 0.0910. The fourth-order valence-corrected chi connectivity index (χ4v) is 4.58. The molecule has 6 heteroatoms. The number of pyridine rings is 1. The van der Waals surface area contributed by atoms with Crippen molar-refractivity contribution in [3.8, 4) is 5.75 Å². The Bertz CT molecular complexity index is 1420. The van der Waals surface area contributed by atoms with Gasteiger partial charge in [0.25, 0.3) is 0 Å². The second kappa shape index (κ2) is 10.3. The van der Waals surface area contributed by atoms with Gasteiger partial charge < -0.3 is 9.47 Å². The van der Waals surface area contributed by atoms with Crippen LogP contribution in [-0.4, -0.2) is 24.2 Å². The molecule has 0 amide bonds. The van der Waals surface area contributed by atoms with Gasteiger partial charge in [0.1, 0.15) is 24.8 Å². The van der Waals surface area contributed by atoms with Gasteiger partial charge in [0.2, 0.25) is 0 Å². The first kappa shape index (κ1) is 23.1. The van der Waals surface area contributed by atoms with Crippen LogP contribution in [0.5, 0.6) is 5.75 Å². The summed E-state index contributed by atoms with van der Waals surface area (Å²) in [5.41, 5.74) is 4.90. The van der Waals surface area contributed by atoms with Crippen molar-refractivity contribution in [3.63, 3.8) is 0 Å². The molecule has 0 spiro atoms. The molecule has 3 aromatic carbocycles. The van der Waals surface area contributed by atoms with E-state index in [4.69, 9.17) is 26.1 Å². The molecule has 176 valence electrons. The number of rotatable bonds is 6. The highest BCUT2D eigenvalue weighted by Gasteiger charge is 2.26. The van der Waals surface area contributed by atoms with Gasteiger partial charge in [-0.05, 0) is 72.4 Å². The van der Waals surface area contributed by atoms with E-state index in [-0.39, 0.29) is 19.0 Å². The first-order valence-corrected chi connectivity index (χ1v) is 11.9. The van der Waals surface area contributed by atoms with E-state index in [1.165, 1.54) is 12.1 Å². The lowest BCUT2D eigenvalue weighted by atomic mass is 9.86. The molecule has 0 saturated heterocycles. The van der Waals surface area contributed by atoms with Crippen LogP contribution in [0.3, 0.4) is 0 Å². The van der Waals surface area contributed by atoms with E-state index in [9.17, 15) is 9.18 Å². The van der Waals surface area contributed by atoms with Crippen LogP contribution >= 0.6 is 11.6 Å². The number of benzene rings is 3. The molecule has 1 heterocycles. The number of aromatic nitrogens is 1. The lowest BCUT2D eigenvalue weighted by Gasteiger charge is -2.22. The van der Waals surface area contributed by atoms with Crippen LogP contribution in [0.4, 0.5) is 4.39 Å². The van der Waals surface area contributed by atoms with Crippen LogP contribution in [0.15, 0.2) is 72.8 Å². The highest BCUT2D eigenvalue weighted by molar-refractivity contribution is 6.32. The van der Waals surface area contributed by atoms with Crippen molar-refractivity contribution in [1.82, 2.24) is 4.98 Å². The van der Waals surface area contributed by atoms with Crippen LogP contribution in [-0.2, 0) is 11.2 Å². The Balaban J connectivity index is 1.44. The number of fused-ring (bicyclic) bond motifs is 2. The van der Waals surface area contributed by atoms with Crippen LogP contribution in [0.1, 0.15) is 40.0 Å². The number of carbonyl (C=O) groups excluding carboxylic acids is 1. The van der Waals surface area contributed by atoms with Crippen molar-refractivity contribution in [2.45, 2.75) is 19.3 Å². The maximum atomic E-state index is 13.4. The molecule has 0 aliphatic heterocycles. The molecule has 0 unspecified atom stereocenters. The number of para-hydroxylation sites is 2. The van der Waals surface area contributed by atoms with Gasteiger partial charge in [-0.15, -0.1) is 0 Å². The third-order valence-corrected chi connectivity index (χ3v) is 6.31. The Hall–Kier alpha value is -3.70. The average Bonchev–Trinajstić information content (AvgIpc) is 2.87. The summed E-state index contributed by atoms with van der Waals surface area (Å²) < 4.78 is 24.7. The van der Waals surface area contributed by atoms with Gasteiger partial charge in [0.15, 0.2) is 0 Å². The normalized spacial score (nSPS) is 14.1. The first-order valence-electron chi connectivity index (χ1n) is 11.5. The van der Waals surface area contributed by atoms with Gasteiger partial charge in [-0.25, -0.2) is 14.2 Å². The van der Waals surface area contributed by atoms with Gasteiger partial charge >= 0.3 is 5.97 Å². The third kappa shape index (κ3) is 5.05. The second-order valence-corrected chi connectivity index (χ2v) is 8.73. The molecule has 0 fully saturated rings. The van der Waals surface area contributed by atoms with E-state index in [0.717, 1.165) is 52.6 Å². The molecule has 1 aliphatic rings. The monoisotopic (exact) mass is 487 g/mol. The Labute approximate surface area is 208 Å². The van der Waals surface area contributed by atoms with Crippen molar-refractivity contribution < 1.29 is 18.7 Å². The summed E-state index contributed by atoms with van der Waals surface area (Å²) in [6.45, 7) is 0.282. The molecule has 0 saturated carbocycles. The number of ether oxygens (including phenoxy) is 2. The van der Waals surface area contributed by atoms with Crippen molar-refractivity contribution in [2.24, 2.45) is 0 Å². The molecular formula is C29H23ClFNO3. The number of hydrogen-bond acceptors (Lipinski definition) is 4. The molecule has 1 aromatic heterocycles. The van der Waals surface area contributed by atoms with Crippen molar-refractivity contribution in [3.05, 3.63) is 106 Å². The quantitative estimate of drug-likeness (QED) is 0.214. The van der Waals surface area contributed by atoms with Crippen LogP contribution in [0.25, 0.3) is 22.6 Å². The molecule has 35 heavy (non-hydrogen) atoms. The maximum absolute atomic E-state index is 13.4. The third-order valence-electron chi connectivity index (χ3n) is 6.00. The molecule has 5 rings (SSSR count). The second-order valence-electron chi connectivity index (χ2n) is 8.32. The van der Waals surface area contributed by atoms with E-state index in [1.54, 1.807) is 24.3 Å². The number of halogens is 2. The highest BCUT2D eigenvalue weighted by atomic mass is 35.5. The van der Waals surface area contributed by atoms with Crippen LogP contribution in [0, 0.1) is 5.82 Å². The molecule has 1 aliphatic carbocycles. The SMILES string of the molecule is O=C(OCCOc1ccccc1Cl)c1c2c(nc3ccccc13)C(=Cc1ccc(F)cc1)CCC2. The number of nitrogens with zero attached hydrogens (tertiary/aromatic N) is 1. The van der Waals surface area contributed by atoms with Gasteiger partial charge in [-0.1, -0.05) is 54.1 Å². The zero-order valence-electron chi connectivity index (χ0n) is 19.0. The zero-order valence-corrected chi connectivity index (χ0v) is 19.7. The van der Waals surface area contributed by atoms with E-state index in [1.807, 2.05) is 42.5 Å². The highest BCUT2D eigenvalue weighted by Crippen LogP contribution is 2.36. The average molecular weight is 488 g/mol. The topological polar surface area (TPSA) is 48.4 Å². The first-order chi connectivity index (χ1) is 17.1. The minimum Gasteiger partial charge on any atom is -0.488 e. The molecule has 0 atom stereocenters. The summed E-state index contributed by atoms with van der Waals surface area (Å²) in [7, 11) is 0. The summed E-state index contributed by atoms with van der Waals surface area (Å²) in [5, 5.41) is 1.28. The predicted molar refractivity (Wildman–Crippen MR) is 136 cm³/mol. The van der Waals surface area contributed by atoms with Gasteiger partial charge in [-0.2, -0.15) is 0 Å². The van der Waals surface area contributed by atoms with E-state index in [2.05, 4.69) is 0 Å². The van der Waals surface area contributed by atoms with E-state index < -0.39 is 5.97 Å². The lowest BCUT2D eigenvalue weighted by Crippen LogP contribution is -2.17. The van der Waals surface area contributed by atoms with Crippen molar-refractivity contribution >= 4 is 40.1 Å². The summed E-state index contributed by atoms with van der Waals surface area (Å²) in [6.07, 6.45) is 4.46. The van der Waals surface area contributed by atoms with Gasteiger partial charge in [0.05, 0.1) is 21.8 Å². The number of allylic oxidation sites excluding steroid dienone is 1. The molecular weight excluding hydrogens is 465 g/mol.